The predicted octanol–water partition coefficient (Wildman–Crippen LogP) is 1.34. The SMILES string of the molecule is N#CCNC(=O)CNc1ccc(N2CCCC2)cc1. The zero-order valence-corrected chi connectivity index (χ0v) is 10.9. The Morgan fingerprint density at radius 2 is 1.95 bits per heavy atom. The van der Waals surface area contributed by atoms with Crippen LogP contribution in [0.5, 0.6) is 0 Å². The van der Waals surface area contributed by atoms with Crippen LogP contribution in [-0.4, -0.2) is 32.1 Å². The fourth-order valence-electron chi connectivity index (χ4n) is 2.15. The second-order valence-corrected chi connectivity index (χ2v) is 4.53. The van der Waals surface area contributed by atoms with Crippen LogP contribution in [0.2, 0.25) is 0 Å². The van der Waals surface area contributed by atoms with Gasteiger partial charge in [-0.3, -0.25) is 4.79 Å². The van der Waals surface area contributed by atoms with Gasteiger partial charge in [0.05, 0.1) is 12.6 Å². The van der Waals surface area contributed by atoms with E-state index in [9.17, 15) is 4.79 Å². The zero-order valence-electron chi connectivity index (χ0n) is 10.9. The summed E-state index contributed by atoms with van der Waals surface area (Å²) in [5.74, 6) is -0.176. The van der Waals surface area contributed by atoms with Crippen molar-refractivity contribution in [2.24, 2.45) is 0 Å². The lowest BCUT2D eigenvalue weighted by molar-refractivity contribution is -0.119. The number of anilines is 2. The van der Waals surface area contributed by atoms with E-state index in [1.807, 2.05) is 18.2 Å². The van der Waals surface area contributed by atoms with Crippen LogP contribution >= 0.6 is 0 Å². The van der Waals surface area contributed by atoms with E-state index in [0.29, 0.717) is 0 Å². The molecule has 0 bridgehead atoms. The predicted molar refractivity (Wildman–Crippen MR) is 75.0 cm³/mol. The minimum Gasteiger partial charge on any atom is -0.376 e. The summed E-state index contributed by atoms with van der Waals surface area (Å²) in [4.78, 5) is 13.7. The van der Waals surface area contributed by atoms with E-state index in [1.54, 1.807) is 0 Å². The first kappa shape index (κ1) is 13.2. The first-order valence-electron chi connectivity index (χ1n) is 6.52. The Balaban J connectivity index is 1.81. The van der Waals surface area contributed by atoms with E-state index in [-0.39, 0.29) is 19.0 Å². The molecule has 1 fully saturated rings. The fraction of sp³-hybridized carbons (Fsp3) is 0.429. The molecule has 2 rings (SSSR count). The molecule has 0 spiro atoms. The van der Waals surface area contributed by atoms with Crippen molar-refractivity contribution in [2.75, 3.05) is 36.4 Å². The van der Waals surface area contributed by atoms with Crippen molar-refractivity contribution >= 4 is 17.3 Å². The molecule has 1 aliphatic heterocycles. The first-order valence-corrected chi connectivity index (χ1v) is 6.52. The highest BCUT2D eigenvalue weighted by Gasteiger charge is 2.11. The highest BCUT2D eigenvalue weighted by molar-refractivity contribution is 5.80. The minimum absolute atomic E-state index is 0.0500. The lowest BCUT2D eigenvalue weighted by Gasteiger charge is -2.17. The molecule has 0 aromatic heterocycles. The molecule has 0 radical (unpaired) electrons. The molecule has 100 valence electrons. The number of amides is 1. The molecule has 1 heterocycles. The van der Waals surface area contributed by atoms with Gasteiger partial charge in [0.1, 0.15) is 6.54 Å². The highest BCUT2D eigenvalue weighted by Crippen LogP contribution is 2.21. The van der Waals surface area contributed by atoms with Crippen molar-refractivity contribution in [2.45, 2.75) is 12.8 Å². The van der Waals surface area contributed by atoms with Crippen LogP contribution in [0, 0.1) is 11.3 Å². The molecule has 1 amide bonds. The number of carbonyl (C=O) groups is 1. The van der Waals surface area contributed by atoms with Gasteiger partial charge in [-0.2, -0.15) is 5.26 Å². The molecule has 1 aliphatic rings. The number of carbonyl (C=O) groups excluding carboxylic acids is 1. The van der Waals surface area contributed by atoms with Crippen molar-refractivity contribution < 1.29 is 4.79 Å². The molecule has 5 heteroatoms. The number of nitrogens with one attached hydrogen (secondary N) is 2. The van der Waals surface area contributed by atoms with E-state index in [4.69, 9.17) is 5.26 Å². The molecule has 5 nitrogen and oxygen atoms in total. The summed E-state index contributed by atoms with van der Waals surface area (Å²) in [5, 5.41) is 13.9. The number of rotatable bonds is 5. The highest BCUT2D eigenvalue weighted by atomic mass is 16.1. The van der Waals surface area contributed by atoms with Crippen LogP contribution in [0.4, 0.5) is 11.4 Å². The van der Waals surface area contributed by atoms with Gasteiger partial charge in [0, 0.05) is 24.5 Å². The molecule has 0 atom stereocenters. The van der Waals surface area contributed by atoms with Crippen molar-refractivity contribution in [3.05, 3.63) is 24.3 Å². The second kappa shape index (κ2) is 6.64. The molecule has 1 aromatic carbocycles. The average molecular weight is 258 g/mol. The quantitative estimate of drug-likeness (QED) is 0.782. The third-order valence-corrected chi connectivity index (χ3v) is 3.16. The smallest absolute Gasteiger partial charge is 0.240 e. The number of nitrogens with zero attached hydrogens (tertiary/aromatic N) is 2. The number of hydrogen-bond acceptors (Lipinski definition) is 4. The van der Waals surface area contributed by atoms with Crippen LogP contribution in [-0.2, 0) is 4.79 Å². The molecule has 0 saturated carbocycles. The Hall–Kier alpha value is -2.22. The molecule has 1 saturated heterocycles. The average Bonchev–Trinajstić information content (AvgIpc) is 2.97. The van der Waals surface area contributed by atoms with Crippen LogP contribution < -0.4 is 15.5 Å². The second-order valence-electron chi connectivity index (χ2n) is 4.53. The zero-order chi connectivity index (χ0) is 13.5. The Morgan fingerprint density at radius 3 is 2.58 bits per heavy atom. The standard InChI is InChI=1S/C14H18N4O/c15-7-8-16-14(19)11-17-12-3-5-13(6-4-12)18-9-1-2-10-18/h3-6,17H,1-2,8-11H2,(H,16,19). The Labute approximate surface area is 113 Å². The van der Waals surface area contributed by atoms with Crippen molar-refractivity contribution in [3.63, 3.8) is 0 Å². The Bertz CT molecular complexity index is 457. The van der Waals surface area contributed by atoms with Crippen LogP contribution in [0.1, 0.15) is 12.8 Å². The third-order valence-electron chi connectivity index (χ3n) is 3.16. The van der Waals surface area contributed by atoms with Crippen LogP contribution in [0.3, 0.4) is 0 Å². The largest absolute Gasteiger partial charge is 0.376 e. The topological polar surface area (TPSA) is 68.2 Å². The summed E-state index contributed by atoms with van der Waals surface area (Å²) < 4.78 is 0. The van der Waals surface area contributed by atoms with Crippen molar-refractivity contribution in [3.8, 4) is 6.07 Å². The maximum absolute atomic E-state index is 11.3. The van der Waals surface area contributed by atoms with E-state index in [0.717, 1.165) is 18.8 Å². The van der Waals surface area contributed by atoms with Gasteiger partial charge in [-0.1, -0.05) is 0 Å². The molecule has 19 heavy (non-hydrogen) atoms. The molecule has 2 N–H and O–H groups in total. The number of benzene rings is 1. The monoisotopic (exact) mass is 258 g/mol. The fourth-order valence-corrected chi connectivity index (χ4v) is 2.15. The summed E-state index contributed by atoms with van der Waals surface area (Å²) in [6.45, 7) is 2.49. The lowest BCUT2D eigenvalue weighted by Crippen LogP contribution is -2.29. The molecular weight excluding hydrogens is 240 g/mol. The number of nitriles is 1. The summed E-state index contributed by atoms with van der Waals surface area (Å²) >= 11 is 0. The molecule has 0 unspecified atom stereocenters. The summed E-state index contributed by atoms with van der Waals surface area (Å²) in [7, 11) is 0. The number of hydrogen-bond donors (Lipinski definition) is 2. The minimum atomic E-state index is -0.176. The normalized spacial score (nSPS) is 13.9. The molecule has 1 aromatic rings. The van der Waals surface area contributed by atoms with Gasteiger partial charge in [-0.25, -0.2) is 0 Å². The van der Waals surface area contributed by atoms with Crippen LogP contribution in [0.15, 0.2) is 24.3 Å². The maximum Gasteiger partial charge on any atom is 0.240 e. The van der Waals surface area contributed by atoms with E-state index < -0.39 is 0 Å². The summed E-state index contributed by atoms with van der Waals surface area (Å²) in [5.41, 5.74) is 2.15. The van der Waals surface area contributed by atoms with Gasteiger partial charge < -0.3 is 15.5 Å². The molecule has 0 aliphatic carbocycles. The van der Waals surface area contributed by atoms with Gasteiger partial charge in [-0.05, 0) is 37.1 Å². The molecular formula is C14H18N4O. The lowest BCUT2D eigenvalue weighted by atomic mass is 10.2. The third kappa shape index (κ3) is 3.88. The first-order chi connectivity index (χ1) is 9.29. The van der Waals surface area contributed by atoms with Gasteiger partial charge in [0.2, 0.25) is 5.91 Å². The Morgan fingerprint density at radius 1 is 1.26 bits per heavy atom. The summed E-state index contributed by atoms with van der Waals surface area (Å²) in [6.07, 6.45) is 2.53. The summed E-state index contributed by atoms with van der Waals surface area (Å²) in [6, 6.07) is 9.97. The Kier molecular flexibility index (Phi) is 4.62. The maximum atomic E-state index is 11.3. The van der Waals surface area contributed by atoms with Gasteiger partial charge in [-0.15, -0.1) is 0 Å². The van der Waals surface area contributed by atoms with Crippen molar-refractivity contribution in [1.82, 2.24) is 5.32 Å². The van der Waals surface area contributed by atoms with Crippen molar-refractivity contribution in [1.29, 1.82) is 5.26 Å². The van der Waals surface area contributed by atoms with E-state index >= 15 is 0 Å². The van der Waals surface area contributed by atoms with Gasteiger partial charge >= 0.3 is 0 Å². The van der Waals surface area contributed by atoms with Gasteiger partial charge in [0.15, 0.2) is 0 Å². The van der Waals surface area contributed by atoms with E-state index in [1.165, 1.54) is 18.5 Å². The van der Waals surface area contributed by atoms with Gasteiger partial charge in [0.25, 0.3) is 0 Å². The van der Waals surface area contributed by atoms with Crippen LogP contribution in [0.25, 0.3) is 0 Å². The van der Waals surface area contributed by atoms with E-state index in [2.05, 4.69) is 27.7 Å².